The van der Waals surface area contributed by atoms with Gasteiger partial charge < -0.3 is 15.1 Å². The number of hydrogen-bond donors (Lipinski definition) is 2. The van der Waals surface area contributed by atoms with Gasteiger partial charge in [0.05, 0.1) is 11.8 Å². The Labute approximate surface area is 89.2 Å². The van der Waals surface area contributed by atoms with Crippen molar-refractivity contribution < 1.29 is 9.53 Å². The molecule has 2 N–H and O–H groups in total. The Kier molecular flexibility index (Phi) is 3.56. The number of esters is 1. The highest BCUT2D eigenvalue weighted by molar-refractivity contribution is 7.07. The van der Waals surface area contributed by atoms with Gasteiger partial charge in [-0.05, 0) is 13.0 Å². The summed E-state index contributed by atoms with van der Waals surface area (Å²) < 4.78 is 5.22. The Balaban J connectivity index is 3.30. The normalized spacial score (nSPS) is 12.9. The summed E-state index contributed by atoms with van der Waals surface area (Å²) in [6, 6.07) is 0. The van der Waals surface area contributed by atoms with Crippen LogP contribution in [0.4, 0.5) is 0 Å². The molecule has 1 aromatic heterocycles. The minimum absolute atomic E-state index is 0.273. The summed E-state index contributed by atoms with van der Waals surface area (Å²) in [5.74, 6) is -0.569. The second-order valence-electron chi connectivity index (χ2n) is 2.78. The molecule has 0 bridgehead atoms. The molecule has 0 aliphatic heterocycles. The molecular formula is C9H10N2O3S. The fraction of sp³-hybridized carbons (Fsp3) is 0.222. The zero-order chi connectivity index (χ0) is 11.4. The standard InChI is InChI=1S/C9H10N2O3S/c1-5(10)3-7-11-9(13)6(15-7)4-8(12)14-2/h3-4,10H,1-2H3,(H,11,13)/b6-4+,7-3+,10-5?. The molecular weight excluding hydrogens is 216 g/mol. The summed E-state index contributed by atoms with van der Waals surface area (Å²) in [6.45, 7) is 1.60. The highest BCUT2D eigenvalue weighted by atomic mass is 32.1. The van der Waals surface area contributed by atoms with Crippen molar-refractivity contribution in [2.24, 2.45) is 0 Å². The number of hydrogen-bond acceptors (Lipinski definition) is 5. The number of carbonyl (C=O) groups is 1. The van der Waals surface area contributed by atoms with E-state index in [1.54, 1.807) is 6.92 Å². The third-order valence-electron chi connectivity index (χ3n) is 1.48. The Hall–Kier alpha value is -1.69. The van der Waals surface area contributed by atoms with Gasteiger partial charge >= 0.3 is 5.97 Å². The zero-order valence-corrected chi connectivity index (χ0v) is 9.10. The first-order chi connectivity index (χ1) is 7.02. The van der Waals surface area contributed by atoms with Crippen molar-refractivity contribution in [2.45, 2.75) is 6.92 Å². The number of rotatable bonds is 2. The maximum absolute atomic E-state index is 11.3. The van der Waals surface area contributed by atoms with Crippen molar-refractivity contribution in [2.75, 3.05) is 7.11 Å². The van der Waals surface area contributed by atoms with Crippen LogP contribution in [0.1, 0.15) is 6.92 Å². The Bertz CT molecular complexity index is 553. The predicted molar refractivity (Wildman–Crippen MR) is 58.5 cm³/mol. The Morgan fingerprint density at radius 3 is 2.73 bits per heavy atom. The summed E-state index contributed by atoms with van der Waals surface area (Å²) >= 11 is 1.11. The molecule has 0 spiro atoms. The first kappa shape index (κ1) is 11.4. The highest BCUT2D eigenvalue weighted by Crippen LogP contribution is 1.77. The highest BCUT2D eigenvalue weighted by Gasteiger charge is 1.98. The first-order valence-electron chi connectivity index (χ1n) is 4.08. The van der Waals surface area contributed by atoms with E-state index < -0.39 is 5.97 Å². The van der Waals surface area contributed by atoms with E-state index in [1.165, 1.54) is 13.2 Å². The minimum Gasteiger partial charge on any atom is -0.466 e. The molecule has 0 fully saturated rings. The molecule has 0 aliphatic rings. The van der Waals surface area contributed by atoms with Crippen LogP contribution in [0.15, 0.2) is 4.79 Å². The third kappa shape index (κ3) is 3.17. The van der Waals surface area contributed by atoms with Crippen LogP contribution in [0.25, 0.3) is 12.2 Å². The fourth-order valence-electron chi connectivity index (χ4n) is 0.887. The van der Waals surface area contributed by atoms with Crippen LogP contribution in [0.3, 0.4) is 0 Å². The van der Waals surface area contributed by atoms with Crippen molar-refractivity contribution in [1.29, 1.82) is 5.41 Å². The molecule has 0 aromatic carbocycles. The fourth-order valence-corrected chi connectivity index (χ4v) is 1.80. The number of aromatic nitrogens is 1. The van der Waals surface area contributed by atoms with Crippen LogP contribution >= 0.6 is 11.3 Å². The number of H-pyrrole nitrogens is 1. The average Bonchev–Trinajstić information content (AvgIpc) is 2.45. The van der Waals surface area contributed by atoms with Crippen molar-refractivity contribution in [3.05, 3.63) is 19.5 Å². The monoisotopic (exact) mass is 226 g/mol. The number of methoxy groups -OCH3 is 1. The molecule has 0 atom stereocenters. The molecule has 1 heterocycles. The smallest absolute Gasteiger partial charge is 0.332 e. The van der Waals surface area contributed by atoms with Crippen LogP contribution in [-0.4, -0.2) is 23.8 Å². The maximum atomic E-state index is 11.3. The predicted octanol–water partition coefficient (Wildman–Crippen LogP) is -0.790. The van der Waals surface area contributed by atoms with Crippen LogP contribution in [0.2, 0.25) is 0 Å². The molecule has 6 heteroatoms. The molecule has 1 aromatic rings. The summed E-state index contributed by atoms with van der Waals surface area (Å²) in [5.41, 5.74) is -0.0185. The topological polar surface area (TPSA) is 83.0 Å². The lowest BCUT2D eigenvalue weighted by Crippen LogP contribution is -2.21. The van der Waals surface area contributed by atoms with Gasteiger partial charge in [-0.3, -0.25) is 4.79 Å². The summed E-state index contributed by atoms with van der Waals surface area (Å²) in [5, 5.41) is 7.22. The number of carbonyl (C=O) groups excluding carboxylic acids is 1. The molecule has 0 saturated heterocycles. The Morgan fingerprint density at radius 2 is 2.20 bits per heavy atom. The molecule has 1 rings (SSSR count). The van der Waals surface area contributed by atoms with Crippen LogP contribution in [-0.2, 0) is 9.53 Å². The van der Waals surface area contributed by atoms with E-state index in [4.69, 9.17) is 5.41 Å². The molecule has 0 saturated carbocycles. The van der Waals surface area contributed by atoms with Crippen LogP contribution < -0.4 is 14.8 Å². The lowest BCUT2D eigenvalue weighted by atomic mass is 10.4. The van der Waals surface area contributed by atoms with E-state index in [2.05, 4.69) is 9.72 Å². The molecule has 0 radical (unpaired) electrons. The summed E-state index contributed by atoms with van der Waals surface area (Å²) in [6.07, 6.45) is 2.64. The van der Waals surface area contributed by atoms with E-state index in [0.717, 1.165) is 17.4 Å². The first-order valence-corrected chi connectivity index (χ1v) is 4.90. The second kappa shape index (κ2) is 4.70. The van der Waals surface area contributed by atoms with Crippen molar-refractivity contribution in [3.63, 3.8) is 0 Å². The number of ether oxygens (including phenoxy) is 1. The molecule has 80 valence electrons. The molecule has 0 amide bonds. The van der Waals surface area contributed by atoms with Gasteiger partial charge in [0.15, 0.2) is 0 Å². The van der Waals surface area contributed by atoms with Gasteiger partial charge in [-0.1, -0.05) is 0 Å². The lowest BCUT2D eigenvalue weighted by molar-refractivity contribution is -0.133. The Morgan fingerprint density at radius 1 is 1.53 bits per heavy atom. The van der Waals surface area contributed by atoms with E-state index >= 15 is 0 Å². The number of aromatic amines is 1. The molecule has 0 unspecified atom stereocenters. The van der Waals surface area contributed by atoms with E-state index in [1.807, 2.05) is 0 Å². The van der Waals surface area contributed by atoms with Crippen LogP contribution in [0.5, 0.6) is 0 Å². The molecule has 5 nitrogen and oxygen atoms in total. The second-order valence-corrected chi connectivity index (χ2v) is 3.86. The number of thiazole rings is 1. The van der Waals surface area contributed by atoms with E-state index in [-0.39, 0.29) is 10.1 Å². The van der Waals surface area contributed by atoms with Crippen molar-refractivity contribution in [1.82, 2.24) is 4.98 Å². The molecule has 15 heavy (non-hydrogen) atoms. The van der Waals surface area contributed by atoms with Gasteiger partial charge in [0.25, 0.3) is 5.56 Å². The summed E-state index contributed by atoms with van der Waals surface area (Å²) in [7, 11) is 1.25. The minimum atomic E-state index is -0.569. The third-order valence-corrected chi connectivity index (χ3v) is 2.44. The van der Waals surface area contributed by atoms with Crippen molar-refractivity contribution >= 4 is 35.2 Å². The van der Waals surface area contributed by atoms with Crippen LogP contribution in [0, 0.1) is 5.41 Å². The largest absolute Gasteiger partial charge is 0.466 e. The maximum Gasteiger partial charge on any atom is 0.332 e. The lowest BCUT2D eigenvalue weighted by Gasteiger charge is -1.85. The van der Waals surface area contributed by atoms with Gasteiger partial charge in [-0.15, -0.1) is 11.3 Å². The zero-order valence-electron chi connectivity index (χ0n) is 8.29. The quantitative estimate of drug-likeness (QED) is 0.512. The average molecular weight is 226 g/mol. The van der Waals surface area contributed by atoms with Crippen molar-refractivity contribution in [3.8, 4) is 0 Å². The van der Waals surface area contributed by atoms with Gasteiger partial charge in [-0.25, -0.2) is 4.79 Å². The van der Waals surface area contributed by atoms with E-state index in [0.29, 0.717) is 10.4 Å². The summed E-state index contributed by atoms with van der Waals surface area (Å²) in [4.78, 5) is 24.7. The SMILES string of the molecule is COC(=O)/C=c1/s/c(=C/C(C)=N)[nH]c1=O. The van der Waals surface area contributed by atoms with Gasteiger partial charge in [-0.2, -0.15) is 0 Å². The van der Waals surface area contributed by atoms with Gasteiger partial charge in [0.2, 0.25) is 0 Å². The molecule has 0 aliphatic carbocycles. The van der Waals surface area contributed by atoms with Gasteiger partial charge in [0.1, 0.15) is 4.53 Å². The number of nitrogens with one attached hydrogen (secondary N) is 2. The van der Waals surface area contributed by atoms with E-state index in [9.17, 15) is 9.59 Å². The van der Waals surface area contributed by atoms with Gasteiger partial charge in [0, 0.05) is 11.8 Å².